The Kier molecular flexibility index (Phi) is 3.20. The zero-order chi connectivity index (χ0) is 11.8. The van der Waals surface area contributed by atoms with Gasteiger partial charge in [0, 0.05) is 16.8 Å². The van der Waals surface area contributed by atoms with E-state index in [-0.39, 0.29) is 11.3 Å². The van der Waals surface area contributed by atoms with Crippen LogP contribution in [0.2, 0.25) is 0 Å². The molecule has 1 aromatic carbocycles. The van der Waals surface area contributed by atoms with E-state index in [0.29, 0.717) is 5.78 Å². The Labute approximate surface area is 105 Å². The molecular weight excluding hydrogens is 264 g/mol. The molecule has 0 heterocycles. The predicted molar refractivity (Wildman–Crippen MR) is 69.5 cm³/mol. The lowest BCUT2D eigenvalue weighted by Gasteiger charge is -2.37. The molecule has 0 aromatic heterocycles. The Morgan fingerprint density at radius 3 is 2.44 bits per heavy atom. The molecule has 16 heavy (non-hydrogen) atoms. The third-order valence-corrected chi connectivity index (χ3v) is 4.08. The minimum atomic E-state index is 0.0781. The monoisotopic (exact) mass is 280 g/mol. The number of ketones is 1. The molecule has 1 unspecified atom stereocenters. The van der Waals surface area contributed by atoms with Crippen LogP contribution >= 0.6 is 15.9 Å². The van der Waals surface area contributed by atoms with Gasteiger partial charge in [-0.1, -0.05) is 41.9 Å². The molecule has 0 N–H and O–H groups in total. The van der Waals surface area contributed by atoms with Crippen LogP contribution in [0.25, 0.3) is 0 Å². The number of hydrogen-bond donors (Lipinski definition) is 0. The van der Waals surface area contributed by atoms with Crippen molar-refractivity contribution in [3.63, 3.8) is 0 Å². The molecule has 86 valence electrons. The molecule has 0 saturated heterocycles. The van der Waals surface area contributed by atoms with Crippen molar-refractivity contribution in [2.75, 3.05) is 0 Å². The maximum Gasteiger partial charge on any atom is 0.140 e. The third kappa shape index (κ3) is 2.22. The average Bonchev–Trinajstić information content (AvgIpc) is 2.19. The highest BCUT2D eigenvalue weighted by Gasteiger charge is 2.38. The van der Waals surface area contributed by atoms with E-state index in [9.17, 15) is 4.79 Å². The summed E-state index contributed by atoms with van der Waals surface area (Å²) in [6.07, 6.45) is 2.92. The molecule has 1 aliphatic carbocycles. The number of Topliss-reactive ketones (excluding diaryl/α,β-unsaturated/α-hetero) is 1. The summed E-state index contributed by atoms with van der Waals surface area (Å²) in [4.78, 5) is 12.1. The Balaban J connectivity index is 2.36. The Hall–Kier alpha value is -0.630. The van der Waals surface area contributed by atoms with Gasteiger partial charge in [0.05, 0.1) is 0 Å². The summed E-state index contributed by atoms with van der Waals surface area (Å²) < 4.78 is 1.07. The predicted octanol–water partition coefficient (Wildman–Crippen LogP) is 4.31. The summed E-state index contributed by atoms with van der Waals surface area (Å²) >= 11 is 3.43. The van der Waals surface area contributed by atoms with E-state index in [1.807, 2.05) is 12.1 Å². The van der Waals surface area contributed by atoms with Crippen LogP contribution in [0.1, 0.15) is 44.6 Å². The largest absolute Gasteiger partial charge is 0.299 e. The van der Waals surface area contributed by atoms with Crippen molar-refractivity contribution in [2.45, 2.75) is 39.0 Å². The van der Waals surface area contributed by atoms with Gasteiger partial charge in [0.1, 0.15) is 5.78 Å². The topological polar surface area (TPSA) is 17.1 Å². The van der Waals surface area contributed by atoms with Crippen LogP contribution in [0.5, 0.6) is 0 Å². The van der Waals surface area contributed by atoms with Crippen LogP contribution in [0, 0.1) is 5.41 Å². The number of hydrogen-bond acceptors (Lipinski definition) is 1. The fourth-order valence-electron chi connectivity index (χ4n) is 2.74. The Morgan fingerprint density at radius 1 is 1.25 bits per heavy atom. The lowest BCUT2D eigenvalue weighted by molar-refractivity contribution is -0.125. The summed E-state index contributed by atoms with van der Waals surface area (Å²) in [5.74, 6) is 0.480. The molecule has 0 bridgehead atoms. The van der Waals surface area contributed by atoms with Crippen molar-refractivity contribution < 1.29 is 4.79 Å². The molecule has 0 spiro atoms. The van der Waals surface area contributed by atoms with Crippen LogP contribution < -0.4 is 0 Å². The summed E-state index contributed by atoms with van der Waals surface area (Å²) in [7, 11) is 0. The van der Waals surface area contributed by atoms with Crippen LogP contribution in [0.3, 0.4) is 0 Å². The molecule has 0 aliphatic heterocycles. The summed E-state index contributed by atoms with van der Waals surface area (Å²) in [5, 5.41) is 0. The van der Waals surface area contributed by atoms with Gasteiger partial charge in [0.2, 0.25) is 0 Å². The standard InChI is InChI=1S/C14H17BrO/c1-14(2)9-3-4-12(16)13(14)10-5-7-11(15)8-6-10/h5-8,13H,3-4,9H2,1-2H3. The van der Waals surface area contributed by atoms with Crippen molar-refractivity contribution in [2.24, 2.45) is 5.41 Å². The van der Waals surface area contributed by atoms with E-state index in [0.717, 1.165) is 29.3 Å². The second-order valence-corrected chi connectivity index (χ2v) is 6.21. The second-order valence-electron chi connectivity index (χ2n) is 5.29. The van der Waals surface area contributed by atoms with Crippen molar-refractivity contribution in [1.82, 2.24) is 0 Å². The number of carbonyl (C=O) groups excluding carboxylic acids is 1. The highest BCUT2D eigenvalue weighted by Crippen LogP contribution is 2.44. The first-order valence-corrected chi connectivity index (χ1v) is 6.58. The molecule has 0 radical (unpaired) electrons. The van der Waals surface area contributed by atoms with E-state index in [1.165, 1.54) is 0 Å². The Bertz CT molecular complexity index is 392. The molecule has 2 heteroatoms. The lowest BCUT2D eigenvalue weighted by Crippen LogP contribution is -2.33. The first-order chi connectivity index (χ1) is 7.50. The maximum atomic E-state index is 12.1. The van der Waals surface area contributed by atoms with Gasteiger partial charge in [0.15, 0.2) is 0 Å². The highest BCUT2D eigenvalue weighted by atomic mass is 79.9. The first-order valence-electron chi connectivity index (χ1n) is 5.79. The van der Waals surface area contributed by atoms with Crippen LogP contribution in [-0.4, -0.2) is 5.78 Å². The molecule has 1 fully saturated rings. The summed E-state index contributed by atoms with van der Waals surface area (Å²) in [6, 6.07) is 8.18. The zero-order valence-electron chi connectivity index (χ0n) is 9.79. The molecule has 0 amide bonds. The van der Waals surface area contributed by atoms with Gasteiger partial charge in [-0.2, -0.15) is 0 Å². The van der Waals surface area contributed by atoms with Crippen molar-refractivity contribution in [1.29, 1.82) is 0 Å². The molecule has 1 aromatic rings. The summed E-state index contributed by atoms with van der Waals surface area (Å²) in [5.41, 5.74) is 1.27. The van der Waals surface area contributed by atoms with Crippen LogP contribution in [-0.2, 0) is 4.79 Å². The minimum Gasteiger partial charge on any atom is -0.299 e. The SMILES string of the molecule is CC1(C)CCCC(=O)C1c1ccc(Br)cc1. The van der Waals surface area contributed by atoms with E-state index in [4.69, 9.17) is 0 Å². The van der Waals surface area contributed by atoms with Gasteiger partial charge in [-0.15, -0.1) is 0 Å². The van der Waals surface area contributed by atoms with Crippen LogP contribution in [0.15, 0.2) is 28.7 Å². The first kappa shape index (κ1) is 11.8. The molecule has 1 nitrogen and oxygen atoms in total. The van der Waals surface area contributed by atoms with E-state index < -0.39 is 0 Å². The average molecular weight is 281 g/mol. The van der Waals surface area contributed by atoms with E-state index in [2.05, 4.69) is 41.9 Å². The van der Waals surface area contributed by atoms with Gasteiger partial charge in [-0.05, 0) is 36.0 Å². The molecule has 2 rings (SSSR count). The number of halogens is 1. The van der Waals surface area contributed by atoms with Crippen molar-refractivity contribution in [3.8, 4) is 0 Å². The number of carbonyl (C=O) groups is 1. The van der Waals surface area contributed by atoms with Crippen molar-refractivity contribution in [3.05, 3.63) is 34.3 Å². The number of rotatable bonds is 1. The van der Waals surface area contributed by atoms with Gasteiger partial charge >= 0.3 is 0 Å². The van der Waals surface area contributed by atoms with Gasteiger partial charge in [0.25, 0.3) is 0 Å². The minimum absolute atomic E-state index is 0.0781. The van der Waals surface area contributed by atoms with Crippen molar-refractivity contribution >= 4 is 21.7 Å². The van der Waals surface area contributed by atoms with E-state index in [1.54, 1.807) is 0 Å². The normalized spacial score (nSPS) is 24.4. The highest BCUT2D eigenvalue weighted by molar-refractivity contribution is 9.10. The molecular formula is C14H17BrO. The van der Waals surface area contributed by atoms with Gasteiger partial charge < -0.3 is 0 Å². The number of benzene rings is 1. The van der Waals surface area contributed by atoms with Crippen LogP contribution in [0.4, 0.5) is 0 Å². The zero-order valence-corrected chi connectivity index (χ0v) is 11.4. The maximum absolute atomic E-state index is 12.1. The van der Waals surface area contributed by atoms with Gasteiger partial charge in [-0.3, -0.25) is 4.79 Å². The fourth-order valence-corrected chi connectivity index (χ4v) is 3.00. The Morgan fingerprint density at radius 2 is 1.88 bits per heavy atom. The smallest absolute Gasteiger partial charge is 0.140 e. The molecule has 1 aliphatic rings. The lowest BCUT2D eigenvalue weighted by atomic mass is 9.65. The van der Waals surface area contributed by atoms with Gasteiger partial charge in [-0.25, -0.2) is 0 Å². The molecule has 1 atom stereocenters. The summed E-state index contributed by atoms with van der Waals surface area (Å²) in [6.45, 7) is 4.41. The molecule has 1 saturated carbocycles. The quantitative estimate of drug-likeness (QED) is 0.749. The third-order valence-electron chi connectivity index (χ3n) is 3.55. The van der Waals surface area contributed by atoms with E-state index >= 15 is 0 Å². The second kappa shape index (κ2) is 4.33. The fraction of sp³-hybridized carbons (Fsp3) is 0.500.